The van der Waals surface area contributed by atoms with E-state index in [2.05, 4.69) is 11.5 Å². The summed E-state index contributed by atoms with van der Waals surface area (Å²) in [5, 5.41) is 0. The summed E-state index contributed by atoms with van der Waals surface area (Å²) in [5.74, 6) is -0.440. The van der Waals surface area contributed by atoms with Crippen molar-refractivity contribution in [3.05, 3.63) is 42.5 Å². The van der Waals surface area contributed by atoms with Crippen molar-refractivity contribution in [1.82, 2.24) is 0 Å². The van der Waals surface area contributed by atoms with Crippen molar-refractivity contribution in [3.63, 3.8) is 0 Å². The largest absolute Gasteiger partial charge is 0.466 e. The molecule has 0 bridgehead atoms. The molecule has 1 saturated heterocycles. The van der Waals surface area contributed by atoms with E-state index in [1.165, 1.54) is 0 Å². The van der Waals surface area contributed by atoms with Gasteiger partial charge in [0.25, 0.3) is 0 Å². The van der Waals surface area contributed by atoms with Crippen LogP contribution in [0.15, 0.2) is 36.9 Å². The van der Waals surface area contributed by atoms with Gasteiger partial charge in [-0.05, 0) is 44.0 Å². The molecule has 0 radical (unpaired) electrons. The molecule has 0 amide bonds. The van der Waals surface area contributed by atoms with E-state index in [1.807, 2.05) is 19.1 Å². The first kappa shape index (κ1) is 17.1. The number of carbonyl (C=O) groups is 2. The van der Waals surface area contributed by atoms with Gasteiger partial charge >= 0.3 is 11.9 Å². The van der Waals surface area contributed by atoms with Crippen LogP contribution >= 0.6 is 0 Å². The zero-order valence-electron chi connectivity index (χ0n) is 13.5. The van der Waals surface area contributed by atoms with Gasteiger partial charge in [0.15, 0.2) is 0 Å². The summed E-state index contributed by atoms with van der Waals surface area (Å²) in [7, 11) is 0. The first-order valence-electron chi connectivity index (χ1n) is 7.95. The fourth-order valence-corrected chi connectivity index (χ4v) is 2.66. The number of anilines is 1. The highest BCUT2D eigenvalue weighted by Gasteiger charge is 2.26. The van der Waals surface area contributed by atoms with Crippen LogP contribution in [0.3, 0.4) is 0 Å². The lowest BCUT2D eigenvalue weighted by atomic mass is 9.96. The molecular formula is C18H23NO4. The summed E-state index contributed by atoms with van der Waals surface area (Å²) in [5.41, 5.74) is 1.57. The Labute approximate surface area is 136 Å². The van der Waals surface area contributed by atoms with Crippen molar-refractivity contribution in [2.75, 3.05) is 31.2 Å². The quantitative estimate of drug-likeness (QED) is 0.596. The molecule has 0 N–H and O–H groups in total. The van der Waals surface area contributed by atoms with Crippen molar-refractivity contribution >= 4 is 17.6 Å². The molecule has 1 fully saturated rings. The minimum atomic E-state index is -0.350. The molecule has 124 valence electrons. The third kappa shape index (κ3) is 4.58. The smallest absolute Gasteiger partial charge is 0.338 e. The zero-order chi connectivity index (χ0) is 16.7. The average Bonchev–Trinajstić information content (AvgIpc) is 2.60. The molecule has 0 aromatic heterocycles. The van der Waals surface area contributed by atoms with Crippen LogP contribution in [-0.4, -0.2) is 38.2 Å². The molecule has 5 nitrogen and oxygen atoms in total. The lowest BCUT2D eigenvalue weighted by Gasteiger charge is -2.32. The van der Waals surface area contributed by atoms with Crippen molar-refractivity contribution in [2.24, 2.45) is 5.92 Å². The van der Waals surface area contributed by atoms with E-state index < -0.39 is 0 Å². The number of hydrogen-bond acceptors (Lipinski definition) is 5. The van der Waals surface area contributed by atoms with E-state index >= 15 is 0 Å². The molecule has 1 aromatic carbocycles. The number of piperidine rings is 1. The first-order chi connectivity index (χ1) is 11.2. The highest BCUT2D eigenvalue weighted by Crippen LogP contribution is 2.24. The summed E-state index contributed by atoms with van der Waals surface area (Å²) < 4.78 is 10.1. The second kappa shape index (κ2) is 8.36. The summed E-state index contributed by atoms with van der Waals surface area (Å²) in [6.45, 7) is 7.60. The van der Waals surface area contributed by atoms with Gasteiger partial charge in [-0.15, -0.1) is 0 Å². The van der Waals surface area contributed by atoms with E-state index in [0.717, 1.165) is 31.6 Å². The van der Waals surface area contributed by atoms with E-state index in [9.17, 15) is 9.59 Å². The minimum absolute atomic E-state index is 0.000598. The fourth-order valence-electron chi connectivity index (χ4n) is 2.66. The lowest BCUT2D eigenvalue weighted by Crippen LogP contribution is -2.36. The van der Waals surface area contributed by atoms with Crippen LogP contribution < -0.4 is 4.90 Å². The molecule has 0 atom stereocenters. The van der Waals surface area contributed by atoms with Crippen LogP contribution in [0.4, 0.5) is 5.69 Å². The van der Waals surface area contributed by atoms with Crippen LogP contribution in [0.1, 0.15) is 30.1 Å². The van der Waals surface area contributed by atoms with Gasteiger partial charge in [0, 0.05) is 18.8 Å². The number of rotatable bonds is 6. The fraction of sp³-hybridized carbons (Fsp3) is 0.444. The molecule has 2 rings (SSSR count). The Morgan fingerprint density at radius 3 is 2.43 bits per heavy atom. The van der Waals surface area contributed by atoms with Gasteiger partial charge in [0.2, 0.25) is 0 Å². The summed E-state index contributed by atoms with van der Waals surface area (Å²) >= 11 is 0. The predicted molar refractivity (Wildman–Crippen MR) is 88.5 cm³/mol. The topological polar surface area (TPSA) is 55.8 Å². The number of carbonyl (C=O) groups excluding carboxylic acids is 2. The van der Waals surface area contributed by atoms with Gasteiger partial charge in [-0.2, -0.15) is 0 Å². The maximum atomic E-state index is 11.7. The maximum Gasteiger partial charge on any atom is 0.338 e. The normalized spacial score (nSPS) is 15.1. The highest BCUT2D eigenvalue weighted by atomic mass is 16.5. The highest BCUT2D eigenvalue weighted by molar-refractivity contribution is 5.89. The molecule has 0 saturated carbocycles. The Hall–Kier alpha value is -2.30. The van der Waals surface area contributed by atoms with E-state index in [1.54, 1.807) is 18.2 Å². The van der Waals surface area contributed by atoms with Crippen LogP contribution in [0.5, 0.6) is 0 Å². The molecule has 5 heteroatoms. The standard InChI is InChI=1S/C18H23NO4/c1-3-13-23-18(21)14-5-7-16(8-6-14)19-11-9-15(10-12-19)17(20)22-4-2/h3,5-8,15H,1,4,9-13H2,2H3. The molecule has 1 aliphatic heterocycles. The van der Waals surface area contributed by atoms with Crippen molar-refractivity contribution in [1.29, 1.82) is 0 Å². The SMILES string of the molecule is C=CCOC(=O)c1ccc(N2CCC(C(=O)OCC)CC2)cc1. The van der Waals surface area contributed by atoms with Gasteiger partial charge in [-0.3, -0.25) is 4.79 Å². The summed E-state index contributed by atoms with van der Waals surface area (Å²) in [6, 6.07) is 7.35. The average molecular weight is 317 g/mol. The van der Waals surface area contributed by atoms with Crippen LogP contribution in [0.25, 0.3) is 0 Å². The number of hydrogen-bond donors (Lipinski definition) is 0. The maximum absolute atomic E-state index is 11.7. The van der Waals surface area contributed by atoms with Gasteiger partial charge in [0.05, 0.1) is 18.1 Å². The van der Waals surface area contributed by atoms with Gasteiger partial charge < -0.3 is 14.4 Å². The molecule has 1 aromatic rings. The van der Waals surface area contributed by atoms with Crippen LogP contribution in [0, 0.1) is 5.92 Å². The van der Waals surface area contributed by atoms with Crippen LogP contribution in [0.2, 0.25) is 0 Å². The zero-order valence-corrected chi connectivity index (χ0v) is 13.5. The van der Waals surface area contributed by atoms with E-state index in [-0.39, 0.29) is 24.5 Å². The number of benzene rings is 1. The molecule has 1 heterocycles. The Morgan fingerprint density at radius 1 is 1.22 bits per heavy atom. The van der Waals surface area contributed by atoms with Gasteiger partial charge in [-0.1, -0.05) is 12.7 Å². The Morgan fingerprint density at radius 2 is 1.87 bits per heavy atom. The lowest BCUT2D eigenvalue weighted by molar-refractivity contribution is -0.148. The molecule has 0 spiro atoms. The Kier molecular flexibility index (Phi) is 6.20. The number of ether oxygens (including phenoxy) is 2. The Balaban J connectivity index is 1.90. The second-order valence-corrected chi connectivity index (χ2v) is 5.45. The third-order valence-electron chi connectivity index (χ3n) is 3.92. The Bertz CT molecular complexity index is 545. The number of esters is 2. The molecule has 1 aliphatic rings. The van der Waals surface area contributed by atoms with Crippen molar-refractivity contribution in [2.45, 2.75) is 19.8 Å². The van der Waals surface area contributed by atoms with Gasteiger partial charge in [-0.25, -0.2) is 4.79 Å². The summed E-state index contributed by atoms with van der Waals surface area (Å²) in [6.07, 6.45) is 3.13. The number of nitrogens with zero attached hydrogens (tertiary/aromatic N) is 1. The van der Waals surface area contributed by atoms with E-state index in [0.29, 0.717) is 12.2 Å². The van der Waals surface area contributed by atoms with Gasteiger partial charge in [0.1, 0.15) is 6.61 Å². The van der Waals surface area contributed by atoms with E-state index in [4.69, 9.17) is 9.47 Å². The van der Waals surface area contributed by atoms with Crippen molar-refractivity contribution < 1.29 is 19.1 Å². The summed E-state index contributed by atoms with van der Waals surface area (Å²) in [4.78, 5) is 25.7. The molecule has 23 heavy (non-hydrogen) atoms. The third-order valence-corrected chi connectivity index (χ3v) is 3.92. The second-order valence-electron chi connectivity index (χ2n) is 5.45. The minimum Gasteiger partial charge on any atom is -0.466 e. The molecule has 0 aliphatic carbocycles. The predicted octanol–water partition coefficient (Wildman–Crippen LogP) is 2.81. The molecule has 0 unspecified atom stereocenters. The van der Waals surface area contributed by atoms with Crippen molar-refractivity contribution in [3.8, 4) is 0 Å². The monoisotopic (exact) mass is 317 g/mol. The molecular weight excluding hydrogens is 294 g/mol. The van der Waals surface area contributed by atoms with Crippen LogP contribution in [-0.2, 0) is 14.3 Å². The first-order valence-corrected chi connectivity index (χ1v) is 7.95.